The summed E-state index contributed by atoms with van der Waals surface area (Å²) < 4.78 is 34.9. The summed E-state index contributed by atoms with van der Waals surface area (Å²) in [4.78, 5) is 30.1. The Kier molecular flexibility index (Phi) is 5.68. The number of hydrogen-bond donors (Lipinski definition) is 0. The molecule has 1 spiro atoms. The highest BCUT2D eigenvalue weighted by Gasteiger charge is 2.43. The van der Waals surface area contributed by atoms with Crippen LogP contribution >= 0.6 is 11.3 Å². The van der Waals surface area contributed by atoms with Crippen molar-refractivity contribution in [1.29, 1.82) is 0 Å². The highest BCUT2D eigenvalue weighted by atomic mass is 32.2. The average Bonchev–Trinajstić information content (AvgIpc) is 3.56. The van der Waals surface area contributed by atoms with E-state index in [2.05, 4.69) is 0 Å². The Morgan fingerprint density at radius 2 is 1.74 bits per heavy atom. The summed E-state index contributed by atoms with van der Waals surface area (Å²) in [7, 11) is -1.75. The first kappa shape index (κ1) is 22.9. The first-order chi connectivity index (χ1) is 16.2. The number of fused-ring (bicyclic) bond motifs is 1. The number of carbonyl (C=O) groups excluding carboxylic acids is 2. The highest BCUT2D eigenvalue weighted by molar-refractivity contribution is 7.92. The van der Waals surface area contributed by atoms with Crippen molar-refractivity contribution in [3.8, 4) is 5.75 Å². The normalized spacial score (nSPS) is 18.1. The van der Waals surface area contributed by atoms with Crippen LogP contribution in [0.25, 0.3) is 11.0 Å². The molecule has 2 saturated heterocycles. The number of carbonyl (C=O) groups is 2. The van der Waals surface area contributed by atoms with Crippen LogP contribution in [0, 0.1) is 5.41 Å². The third kappa shape index (κ3) is 4.09. The molecule has 0 saturated carbocycles. The van der Waals surface area contributed by atoms with E-state index < -0.39 is 9.84 Å². The molecule has 2 aliphatic heterocycles. The summed E-state index contributed by atoms with van der Waals surface area (Å²) in [6.45, 7) is 2.47. The van der Waals surface area contributed by atoms with Gasteiger partial charge < -0.3 is 19.0 Å². The summed E-state index contributed by atoms with van der Waals surface area (Å²) in [5.41, 5.74) is 0.555. The summed E-state index contributed by atoms with van der Waals surface area (Å²) in [5, 5.41) is 0.828. The molecule has 0 aliphatic carbocycles. The number of likely N-dealkylation sites (tertiary alicyclic amines) is 2. The molecule has 2 amide bonds. The van der Waals surface area contributed by atoms with Crippen molar-refractivity contribution >= 4 is 44.0 Å². The van der Waals surface area contributed by atoms with E-state index in [4.69, 9.17) is 9.15 Å². The van der Waals surface area contributed by atoms with Gasteiger partial charge >= 0.3 is 0 Å². The molecule has 0 N–H and O–H groups in total. The Bertz CT molecular complexity index is 1370. The number of furan rings is 1. The SMILES string of the molecule is COc1cccc2cc(C(=O)N3CCC4(CC3)CCN(C(=O)c3ccc(S(C)(=O)=O)s3)C4)oc12. The maximum atomic E-state index is 13.1. The largest absolute Gasteiger partial charge is 0.493 e. The molecular formula is C24H26N2O6S2. The van der Waals surface area contributed by atoms with Crippen LogP contribution in [-0.4, -0.2) is 69.6 Å². The van der Waals surface area contributed by atoms with Gasteiger partial charge in [0.15, 0.2) is 26.9 Å². The van der Waals surface area contributed by atoms with Gasteiger partial charge in [-0.1, -0.05) is 12.1 Å². The van der Waals surface area contributed by atoms with Crippen molar-refractivity contribution < 1.29 is 27.2 Å². The third-order valence-corrected chi connectivity index (χ3v) is 9.83. The number of sulfone groups is 1. The van der Waals surface area contributed by atoms with E-state index in [9.17, 15) is 18.0 Å². The fourth-order valence-electron chi connectivity index (χ4n) is 4.95. The lowest BCUT2D eigenvalue weighted by Crippen LogP contribution is -2.44. The molecule has 0 bridgehead atoms. The van der Waals surface area contributed by atoms with E-state index in [1.807, 2.05) is 21.9 Å². The molecule has 8 nitrogen and oxygen atoms in total. The van der Waals surface area contributed by atoms with Gasteiger partial charge in [0.25, 0.3) is 11.8 Å². The molecular weight excluding hydrogens is 476 g/mol. The maximum absolute atomic E-state index is 13.1. The summed E-state index contributed by atoms with van der Waals surface area (Å²) >= 11 is 1.02. The van der Waals surface area contributed by atoms with Crippen molar-refractivity contribution in [2.45, 2.75) is 23.5 Å². The van der Waals surface area contributed by atoms with Gasteiger partial charge in [-0.25, -0.2) is 8.42 Å². The van der Waals surface area contributed by atoms with Crippen LogP contribution in [-0.2, 0) is 9.84 Å². The monoisotopic (exact) mass is 502 g/mol. The summed E-state index contributed by atoms with van der Waals surface area (Å²) in [6, 6.07) is 10.4. The number of thiophene rings is 1. The van der Waals surface area contributed by atoms with Crippen LogP contribution in [0.1, 0.15) is 39.5 Å². The molecule has 2 aromatic heterocycles. The Morgan fingerprint density at radius 3 is 2.38 bits per heavy atom. The minimum atomic E-state index is -3.32. The van der Waals surface area contributed by atoms with Gasteiger partial charge in [-0.05, 0) is 48.9 Å². The first-order valence-corrected chi connectivity index (χ1v) is 13.8. The van der Waals surface area contributed by atoms with Gasteiger partial charge in [-0.3, -0.25) is 9.59 Å². The van der Waals surface area contributed by atoms with E-state index in [0.717, 1.165) is 42.2 Å². The van der Waals surface area contributed by atoms with Crippen LogP contribution in [0.2, 0.25) is 0 Å². The van der Waals surface area contributed by atoms with E-state index in [0.29, 0.717) is 48.1 Å². The average molecular weight is 503 g/mol. The van der Waals surface area contributed by atoms with E-state index in [-0.39, 0.29) is 21.4 Å². The minimum absolute atomic E-state index is 0.0134. The molecule has 0 radical (unpaired) electrons. The molecule has 0 atom stereocenters. The quantitative estimate of drug-likeness (QED) is 0.540. The molecule has 2 fully saturated rings. The predicted molar refractivity (Wildman–Crippen MR) is 128 cm³/mol. The van der Waals surface area contributed by atoms with Crippen molar-refractivity contribution in [1.82, 2.24) is 9.80 Å². The highest BCUT2D eigenvalue weighted by Crippen LogP contribution is 2.41. The first-order valence-electron chi connectivity index (χ1n) is 11.1. The van der Waals surface area contributed by atoms with Gasteiger partial charge in [-0.15, -0.1) is 11.3 Å². The number of amides is 2. The number of piperidine rings is 1. The smallest absolute Gasteiger partial charge is 0.289 e. The zero-order valence-electron chi connectivity index (χ0n) is 19.1. The standard InChI is InChI=1S/C24H26N2O6S2/c1-31-17-5-3-4-16-14-18(32-21(16)17)22(27)25-11-8-24(9-12-25)10-13-26(15-24)23(28)19-6-7-20(33-19)34(2,29)30/h3-7,14H,8-13,15H2,1-2H3. The van der Waals surface area contributed by atoms with E-state index in [1.165, 1.54) is 6.07 Å². The molecule has 4 heterocycles. The van der Waals surface area contributed by atoms with E-state index in [1.54, 1.807) is 25.3 Å². The van der Waals surface area contributed by atoms with E-state index >= 15 is 0 Å². The van der Waals surface area contributed by atoms with Crippen molar-refractivity contribution in [2.75, 3.05) is 39.5 Å². The lowest BCUT2D eigenvalue weighted by Gasteiger charge is -2.38. The van der Waals surface area contributed by atoms with Gasteiger partial charge in [0.2, 0.25) is 0 Å². The second-order valence-corrected chi connectivity index (χ2v) is 12.5. The number of ether oxygens (including phenoxy) is 1. The Balaban J connectivity index is 1.23. The summed E-state index contributed by atoms with van der Waals surface area (Å²) in [5.74, 6) is 0.648. The second-order valence-electron chi connectivity index (χ2n) is 9.15. The molecule has 10 heteroatoms. The molecule has 3 aromatic rings. The number of hydrogen-bond acceptors (Lipinski definition) is 7. The fraction of sp³-hybridized carbons (Fsp3) is 0.417. The Labute approximate surface area is 202 Å². The predicted octanol–water partition coefficient (Wildman–Crippen LogP) is 3.67. The van der Waals surface area contributed by atoms with Crippen LogP contribution in [0.5, 0.6) is 5.75 Å². The third-order valence-electron chi connectivity index (χ3n) is 6.93. The topological polar surface area (TPSA) is 97.1 Å². The van der Waals surface area contributed by atoms with Gasteiger partial charge in [0, 0.05) is 37.8 Å². The van der Waals surface area contributed by atoms with Gasteiger partial charge in [0.1, 0.15) is 4.21 Å². The second kappa shape index (κ2) is 8.42. The molecule has 180 valence electrons. The minimum Gasteiger partial charge on any atom is -0.493 e. The number of benzene rings is 1. The Hall–Kier alpha value is -2.85. The maximum Gasteiger partial charge on any atom is 0.289 e. The lowest BCUT2D eigenvalue weighted by molar-refractivity contribution is 0.0542. The zero-order valence-corrected chi connectivity index (χ0v) is 20.7. The Morgan fingerprint density at radius 1 is 1.03 bits per heavy atom. The zero-order chi connectivity index (χ0) is 24.1. The molecule has 1 aromatic carbocycles. The van der Waals surface area contributed by atoms with Crippen LogP contribution in [0.3, 0.4) is 0 Å². The van der Waals surface area contributed by atoms with Crippen molar-refractivity contribution in [2.24, 2.45) is 5.41 Å². The van der Waals surface area contributed by atoms with Crippen LogP contribution in [0.4, 0.5) is 0 Å². The molecule has 0 unspecified atom stereocenters. The summed E-state index contributed by atoms with van der Waals surface area (Å²) in [6.07, 6.45) is 3.65. The fourth-order valence-corrected chi connectivity index (χ4v) is 6.84. The number of nitrogens with zero attached hydrogens (tertiary/aromatic N) is 2. The van der Waals surface area contributed by atoms with Gasteiger partial charge in [0.05, 0.1) is 12.0 Å². The number of rotatable bonds is 4. The molecule has 2 aliphatic rings. The van der Waals surface area contributed by atoms with Crippen LogP contribution in [0.15, 0.2) is 45.0 Å². The molecule has 5 rings (SSSR count). The van der Waals surface area contributed by atoms with Crippen molar-refractivity contribution in [3.63, 3.8) is 0 Å². The number of para-hydroxylation sites is 1. The van der Waals surface area contributed by atoms with Crippen molar-refractivity contribution in [3.05, 3.63) is 47.0 Å². The van der Waals surface area contributed by atoms with Crippen LogP contribution < -0.4 is 4.74 Å². The lowest BCUT2D eigenvalue weighted by atomic mass is 9.77. The number of methoxy groups -OCH3 is 1. The molecule has 34 heavy (non-hydrogen) atoms. The van der Waals surface area contributed by atoms with Gasteiger partial charge in [-0.2, -0.15) is 0 Å².